The SMILES string of the molecule is CCC(N)C(c1ccccn1)N(C)Cc1cscn1. The third-order valence-electron chi connectivity index (χ3n) is 3.24. The number of thiazole rings is 1. The molecule has 2 rings (SSSR count). The van der Waals surface area contributed by atoms with Gasteiger partial charge < -0.3 is 5.73 Å². The fourth-order valence-electron chi connectivity index (χ4n) is 2.22. The van der Waals surface area contributed by atoms with Crippen LogP contribution in [0.3, 0.4) is 0 Å². The van der Waals surface area contributed by atoms with Crippen LogP contribution >= 0.6 is 11.3 Å². The molecule has 0 aliphatic heterocycles. The molecule has 0 amide bonds. The first-order valence-corrected chi connectivity index (χ1v) is 7.40. The Hall–Kier alpha value is -1.30. The van der Waals surface area contributed by atoms with Gasteiger partial charge in [0.25, 0.3) is 0 Å². The van der Waals surface area contributed by atoms with Crippen LogP contribution in [0.4, 0.5) is 0 Å². The number of pyridine rings is 1. The summed E-state index contributed by atoms with van der Waals surface area (Å²) in [6, 6.07) is 6.16. The van der Waals surface area contributed by atoms with E-state index in [4.69, 9.17) is 5.73 Å². The molecule has 5 heteroatoms. The second-order valence-electron chi connectivity index (χ2n) is 4.67. The lowest BCUT2D eigenvalue weighted by Gasteiger charge is -2.31. The Kier molecular flexibility index (Phi) is 5.01. The van der Waals surface area contributed by atoms with Crippen LogP contribution in [0.15, 0.2) is 35.3 Å². The minimum atomic E-state index is 0.0681. The number of nitrogens with zero attached hydrogens (tertiary/aromatic N) is 3. The first kappa shape index (κ1) is 14.1. The van der Waals surface area contributed by atoms with Gasteiger partial charge in [-0.2, -0.15) is 0 Å². The second kappa shape index (κ2) is 6.75. The van der Waals surface area contributed by atoms with Gasteiger partial charge in [0.2, 0.25) is 0 Å². The van der Waals surface area contributed by atoms with Gasteiger partial charge in [-0.3, -0.25) is 9.88 Å². The van der Waals surface area contributed by atoms with E-state index in [1.165, 1.54) is 0 Å². The number of hydrogen-bond donors (Lipinski definition) is 1. The lowest BCUT2D eigenvalue weighted by Crippen LogP contribution is -2.39. The van der Waals surface area contributed by atoms with Crippen LogP contribution in [0.2, 0.25) is 0 Å². The average Bonchev–Trinajstić information content (AvgIpc) is 2.93. The van der Waals surface area contributed by atoms with Crippen molar-refractivity contribution in [1.29, 1.82) is 0 Å². The third kappa shape index (κ3) is 3.59. The molecule has 19 heavy (non-hydrogen) atoms. The van der Waals surface area contributed by atoms with Crippen molar-refractivity contribution in [2.45, 2.75) is 32.0 Å². The minimum absolute atomic E-state index is 0.0681. The molecule has 2 heterocycles. The average molecular weight is 276 g/mol. The molecule has 2 aromatic heterocycles. The lowest BCUT2D eigenvalue weighted by molar-refractivity contribution is 0.196. The van der Waals surface area contributed by atoms with Crippen molar-refractivity contribution in [3.05, 3.63) is 46.7 Å². The highest BCUT2D eigenvalue weighted by atomic mass is 32.1. The molecule has 0 aromatic carbocycles. The van der Waals surface area contributed by atoms with Crippen molar-refractivity contribution in [2.24, 2.45) is 5.73 Å². The maximum absolute atomic E-state index is 6.28. The van der Waals surface area contributed by atoms with E-state index in [9.17, 15) is 0 Å². The molecule has 0 aliphatic carbocycles. The molecule has 0 fully saturated rings. The highest BCUT2D eigenvalue weighted by molar-refractivity contribution is 7.07. The Morgan fingerprint density at radius 3 is 2.79 bits per heavy atom. The van der Waals surface area contributed by atoms with E-state index in [2.05, 4.69) is 34.2 Å². The van der Waals surface area contributed by atoms with Crippen molar-refractivity contribution in [3.8, 4) is 0 Å². The van der Waals surface area contributed by atoms with Crippen LogP contribution in [0.1, 0.15) is 30.8 Å². The Morgan fingerprint density at radius 2 is 2.21 bits per heavy atom. The molecule has 2 unspecified atom stereocenters. The summed E-state index contributed by atoms with van der Waals surface area (Å²) in [5, 5.41) is 2.07. The van der Waals surface area contributed by atoms with E-state index >= 15 is 0 Å². The van der Waals surface area contributed by atoms with Crippen LogP contribution in [-0.2, 0) is 6.54 Å². The molecule has 2 N–H and O–H groups in total. The Labute approximate surface area is 118 Å². The maximum atomic E-state index is 6.28. The van der Waals surface area contributed by atoms with Crippen LogP contribution in [0.5, 0.6) is 0 Å². The van der Waals surface area contributed by atoms with Crippen molar-refractivity contribution in [3.63, 3.8) is 0 Å². The minimum Gasteiger partial charge on any atom is -0.326 e. The summed E-state index contributed by atoms with van der Waals surface area (Å²) in [5.41, 5.74) is 10.2. The second-order valence-corrected chi connectivity index (χ2v) is 5.39. The summed E-state index contributed by atoms with van der Waals surface area (Å²) in [4.78, 5) is 11.0. The summed E-state index contributed by atoms with van der Waals surface area (Å²) in [6.45, 7) is 2.90. The van der Waals surface area contributed by atoms with Crippen LogP contribution in [0, 0.1) is 0 Å². The quantitative estimate of drug-likeness (QED) is 0.880. The zero-order chi connectivity index (χ0) is 13.7. The van der Waals surface area contributed by atoms with Gasteiger partial charge in [0.15, 0.2) is 0 Å². The van der Waals surface area contributed by atoms with E-state index in [-0.39, 0.29) is 12.1 Å². The molecule has 2 aromatic rings. The fourth-order valence-corrected chi connectivity index (χ4v) is 2.77. The largest absolute Gasteiger partial charge is 0.326 e. The fraction of sp³-hybridized carbons (Fsp3) is 0.429. The summed E-state index contributed by atoms with van der Waals surface area (Å²) in [7, 11) is 2.08. The Balaban J connectivity index is 2.18. The molecule has 2 atom stereocenters. The molecule has 0 spiro atoms. The van der Waals surface area contributed by atoms with Crippen LogP contribution in [0.25, 0.3) is 0 Å². The highest BCUT2D eigenvalue weighted by Crippen LogP contribution is 2.23. The molecule has 0 aliphatic rings. The lowest BCUT2D eigenvalue weighted by atomic mass is 10.0. The molecule has 0 saturated heterocycles. The highest BCUT2D eigenvalue weighted by Gasteiger charge is 2.24. The van der Waals surface area contributed by atoms with E-state index < -0.39 is 0 Å². The van der Waals surface area contributed by atoms with Gasteiger partial charge in [-0.05, 0) is 25.6 Å². The van der Waals surface area contributed by atoms with Crippen molar-refractivity contribution in [2.75, 3.05) is 7.05 Å². The molecule has 4 nitrogen and oxygen atoms in total. The molecular weight excluding hydrogens is 256 g/mol. The Bertz CT molecular complexity index is 471. The third-order valence-corrected chi connectivity index (χ3v) is 3.87. The van der Waals surface area contributed by atoms with Crippen LogP contribution < -0.4 is 5.73 Å². The van der Waals surface area contributed by atoms with E-state index in [1.54, 1.807) is 11.3 Å². The topological polar surface area (TPSA) is 55.0 Å². The summed E-state index contributed by atoms with van der Waals surface area (Å²) in [6.07, 6.45) is 2.74. The monoisotopic (exact) mass is 276 g/mol. The summed E-state index contributed by atoms with van der Waals surface area (Å²) >= 11 is 1.62. The zero-order valence-electron chi connectivity index (χ0n) is 11.4. The number of hydrogen-bond acceptors (Lipinski definition) is 5. The first-order valence-electron chi connectivity index (χ1n) is 6.46. The predicted octanol–water partition coefficient (Wildman–Crippen LogP) is 2.45. The van der Waals surface area contributed by atoms with E-state index in [0.717, 1.165) is 24.4 Å². The van der Waals surface area contributed by atoms with Gasteiger partial charge in [0.05, 0.1) is 22.9 Å². The van der Waals surface area contributed by atoms with Crippen molar-refractivity contribution < 1.29 is 0 Å². The summed E-state index contributed by atoms with van der Waals surface area (Å²) in [5.74, 6) is 0. The normalized spacial score (nSPS) is 14.5. The summed E-state index contributed by atoms with van der Waals surface area (Å²) < 4.78 is 0. The number of aromatic nitrogens is 2. The molecule has 102 valence electrons. The van der Waals surface area contributed by atoms with Crippen LogP contribution in [-0.4, -0.2) is 28.0 Å². The van der Waals surface area contributed by atoms with Crippen molar-refractivity contribution in [1.82, 2.24) is 14.9 Å². The number of nitrogens with two attached hydrogens (primary N) is 1. The first-order chi connectivity index (χ1) is 9.22. The van der Waals surface area contributed by atoms with Gasteiger partial charge in [-0.1, -0.05) is 13.0 Å². The molecule has 0 radical (unpaired) electrons. The zero-order valence-corrected chi connectivity index (χ0v) is 12.2. The van der Waals surface area contributed by atoms with E-state index in [1.807, 2.05) is 29.9 Å². The predicted molar refractivity (Wildman–Crippen MR) is 78.8 cm³/mol. The molecule has 0 saturated carbocycles. The van der Waals surface area contributed by atoms with Gasteiger partial charge in [-0.15, -0.1) is 11.3 Å². The standard InChI is InChI=1S/C14H20N4S/c1-3-12(15)14(13-6-4-5-7-16-13)18(2)8-11-9-19-10-17-11/h4-7,9-10,12,14H,3,8,15H2,1-2H3. The van der Waals surface area contributed by atoms with Gasteiger partial charge in [0, 0.05) is 24.2 Å². The van der Waals surface area contributed by atoms with Gasteiger partial charge >= 0.3 is 0 Å². The van der Waals surface area contributed by atoms with Crippen molar-refractivity contribution >= 4 is 11.3 Å². The number of likely N-dealkylation sites (N-methyl/N-ethyl adjacent to an activating group) is 1. The van der Waals surface area contributed by atoms with E-state index in [0.29, 0.717) is 0 Å². The molecular formula is C14H20N4S. The smallest absolute Gasteiger partial charge is 0.0795 e. The molecule has 0 bridgehead atoms. The maximum Gasteiger partial charge on any atom is 0.0795 e. The number of rotatable bonds is 6. The Morgan fingerprint density at radius 1 is 1.37 bits per heavy atom. The van der Waals surface area contributed by atoms with Gasteiger partial charge in [0.1, 0.15) is 0 Å². The van der Waals surface area contributed by atoms with Gasteiger partial charge in [-0.25, -0.2) is 4.98 Å².